The summed E-state index contributed by atoms with van der Waals surface area (Å²) >= 11 is 2.22. The largest absolute Gasteiger partial charge is 0.383 e. The van der Waals surface area contributed by atoms with Crippen molar-refractivity contribution in [3.05, 3.63) is 15.1 Å². The van der Waals surface area contributed by atoms with Crippen LogP contribution in [0, 0.1) is 8.99 Å². The maximum Gasteiger partial charge on any atom is 0.162 e. The van der Waals surface area contributed by atoms with Gasteiger partial charge in [0.05, 0.1) is 9.26 Å². The van der Waals surface area contributed by atoms with Gasteiger partial charge in [0, 0.05) is 7.11 Å². The molecule has 1 saturated carbocycles. The van der Waals surface area contributed by atoms with E-state index in [1.807, 2.05) is 0 Å². The average molecular weight is 389 g/mol. The maximum atomic E-state index is 6.06. The zero-order valence-electron chi connectivity index (χ0n) is 12.8. The van der Waals surface area contributed by atoms with E-state index in [0.29, 0.717) is 11.2 Å². The molecule has 112 valence electrons. The summed E-state index contributed by atoms with van der Waals surface area (Å²) in [5, 5.41) is 0. The third-order valence-corrected chi connectivity index (χ3v) is 5.67. The van der Waals surface area contributed by atoms with Crippen molar-refractivity contribution < 1.29 is 4.74 Å². The molecule has 1 fully saturated rings. The van der Waals surface area contributed by atoms with Crippen molar-refractivity contribution in [1.82, 2.24) is 9.97 Å². The summed E-state index contributed by atoms with van der Waals surface area (Å²) < 4.78 is 6.84. The summed E-state index contributed by atoms with van der Waals surface area (Å²) in [5.41, 5.74) is 7.10. The number of rotatable bonds is 3. The van der Waals surface area contributed by atoms with Crippen LogP contribution in [0.5, 0.6) is 0 Å². The third kappa shape index (κ3) is 2.93. The number of nitrogens with zero attached hydrogens (tertiary/aromatic N) is 2. The lowest BCUT2D eigenvalue weighted by Crippen LogP contribution is -2.38. The minimum Gasteiger partial charge on any atom is -0.383 e. The van der Waals surface area contributed by atoms with Gasteiger partial charge in [-0.05, 0) is 60.1 Å². The molecular formula is C15H24IN3O. The van der Waals surface area contributed by atoms with Crippen LogP contribution in [0.15, 0.2) is 0 Å². The molecule has 0 aliphatic heterocycles. The van der Waals surface area contributed by atoms with Gasteiger partial charge < -0.3 is 10.5 Å². The predicted molar refractivity (Wildman–Crippen MR) is 89.5 cm³/mol. The number of aromatic nitrogens is 2. The second-order valence-corrected chi connectivity index (χ2v) is 7.49. The molecule has 0 bridgehead atoms. The fraction of sp³-hybridized carbons (Fsp3) is 0.733. The first-order valence-electron chi connectivity index (χ1n) is 7.21. The summed E-state index contributed by atoms with van der Waals surface area (Å²) in [4.78, 5) is 9.27. The fourth-order valence-corrected chi connectivity index (χ4v) is 3.42. The van der Waals surface area contributed by atoms with Gasteiger partial charge in [-0.15, -0.1) is 0 Å². The van der Waals surface area contributed by atoms with E-state index in [2.05, 4.69) is 48.3 Å². The van der Waals surface area contributed by atoms with E-state index in [-0.39, 0.29) is 5.60 Å². The Hall–Kier alpha value is -0.430. The number of nitrogen functional groups attached to an aromatic ring is 1. The molecule has 1 heterocycles. The molecule has 2 N–H and O–H groups in total. The van der Waals surface area contributed by atoms with Crippen LogP contribution in [0.25, 0.3) is 0 Å². The Morgan fingerprint density at radius 2 is 1.80 bits per heavy atom. The topological polar surface area (TPSA) is 61.0 Å². The van der Waals surface area contributed by atoms with Gasteiger partial charge in [0.1, 0.15) is 11.4 Å². The van der Waals surface area contributed by atoms with E-state index in [1.165, 1.54) is 0 Å². The molecule has 1 aliphatic carbocycles. The number of nitrogens with two attached hydrogens (primary N) is 1. The maximum absolute atomic E-state index is 6.06. The molecule has 0 aromatic carbocycles. The lowest BCUT2D eigenvalue weighted by Gasteiger charge is -2.41. The van der Waals surface area contributed by atoms with E-state index >= 15 is 0 Å². The first-order chi connectivity index (χ1) is 9.33. The Labute approximate surface area is 135 Å². The van der Waals surface area contributed by atoms with Gasteiger partial charge in [-0.2, -0.15) is 0 Å². The van der Waals surface area contributed by atoms with Gasteiger partial charge in [-0.3, -0.25) is 0 Å². The number of ether oxygens (including phenoxy) is 1. The van der Waals surface area contributed by atoms with Crippen molar-refractivity contribution in [2.45, 2.75) is 58.5 Å². The summed E-state index contributed by atoms with van der Waals surface area (Å²) in [7, 11) is 1.77. The lowest BCUT2D eigenvalue weighted by molar-refractivity contribution is -0.0729. The predicted octanol–water partition coefficient (Wildman–Crippen LogP) is 3.67. The summed E-state index contributed by atoms with van der Waals surface area (Å²) in [6.07, 6.45) is 5.03. The van der Waals surface area contributed by atoms with Crippen LogP contribution in [0.1, 0.15) is 58.0 Å². The van der Waals surface area contributed by atoms with Crippen LogP contribution in [0.4, 0.5) is 5.82 Å². The Bertz CT molecular complexity index is 492. The average Bonchev–Trinajstić information content (AvgIpc) is 2.42. The lowest BCUT2D eigenvalue weighted by atomic mass is 9.70. The zero-order chi connectivity index (χ0) is 15.0. The van der Waals surface area contributed by atoms with Gasteiger partial charge in [0.2, 0.25) is 0 Å². The highest BCUT2D eigenvalue weighted by Crippen LogP contribution is 2.46. The van der Waals surface area contributed by atoms with Crippen LogP contribution in [0.2, 0.25) is 0 Å². The minimum absolute atomic E-state index is 0.363. The van der Waals surface area contributed by atoms with Gasteiger partial charge in [0.25, 0.3) is 0 Å². The van der Waals surface area contributed by atoms with E-state index < -0.39 is 0 Å². The molecular weight excluding hydrogens is 365 g/mol. The second kappa shape index (κ2) is 5.75. The number of aryl methyl sites for hydroxylation is 1. The van der Waals surface area contributed by atoms with Gasteiger partial charge in [-0.1, -0.05) is 20.8 Å². The molecule has 0 spiro atoms. The molecule has 0 unspecified atom stereocenters. The van der Waals surface area contributed by atoms with Gasteiger partial charge >= 0.3 is 0 Å². The third-order valence-electron chi connectivity index (χ3n) is 4.49. The van der Waals surface area contributed by atoms with Gasteiger partial charge in [-0.25, -0.2) is 9.97 Å². The molecule has 4 nitrogen and oxygen atoms in total. The Balaban J connectivity index is 2.40. The van der Waals surface area contributed by atoms with Crippen molar-refractivity contribution in [2.24, 2.45) is 5.41 Å². The smallest absolute Gasteiger partial charge is 0.162 e. The number of anilines is 1. The van der Waals surface area contributed by atoms with Crippen LogP contribution >= 0.6 is 22.6 Å². The van der Waals surface area contributed by atoms with E-state index in [9.17, 15) is 0 Å². The van der Waals surface area contributed by atoms with Crippen LogP contribution in [0.3, 0.4) is 0 Å². The fourth-order valence-electron chi connectivity index (χ4n) is 2.80. The number of methoxy groups -OCH3 is 1. The summed E-state index contributed by atoms with van der Waals surface area (Å²) in [6.45, 7) is 6.72. The van der Waals surface area contributed by atoms with Crippen LogP contribution in [-0.2, 0) is 16.8 Å². The van der Waals surface area contributed by atoms with Crippen molar-refractivity contribution in [3.8, 4) is 0 Å². The Kier molecular flexibility index (Phi) is 4.59. The zero-order valence-corrected chi connectivity index (χ0v) is 15.0. The van der Waals surface area contributed by atoms with Crippen molar-refractivity contribution >= 4 is 28.4 Å². The van der Waals surface area contributed by atoms with E-state index in [0.717, 1.165) is 47.2 Å². The molecule has 2 rings (SSSR count). The van der Waals surface area contributed by atoms with Crippen LogP contribution < -0.4 is 5.73 Å². The number of hydrogen-bond donors (Lipinski definition) is 1. The normalized spacial score (nSPS) is 20.9. The monoisotopic (exact) mass is 389 g/mol. The quantitative estimate of drug-likeness (QED) is 0.802. The molecule has 0 amide bonds. The molecule has 5 heteroatoms. The highest BCUT2D eigenvalue weighted by Gasteiger charge is 2.42. The summed E-state index contributed by atoms with van der Waals surface area (Å²) in [5.74, 6) is 1.35. The SMILES string of the molecule is CCc1nc(C2(OC)CCC(C)(C)CC2)nc(N)c1I. The molecule has 0 saturated heterocycles. The highest BCUT2D eigenvalue weighted by atomic mass is 127. The minimum atomic E-state index is -0.363. The molecule has 0 atom stereocenters. The molecule has 1 aromatic rings. The number of halogens is 1. The van der Waals surface area contributed by atoms with E-state index in [4.69, 9.17) is 15.5 Å². The second-order valence-electron chi connectivity index (χ2n) is 6.41. The Morgan fingerprint density at radius 1 is 1.20 bits per heavy atom. The first kappa shape index (κ1) is 15.9. The Morgan fingerprint density at radius 3 is 2.30 bits per heavy atom. The highest BCUT2D eigenvalue weighted by molar-refractivity contribution is 14.1. The van der Waals surface area contributed by atoms with Crippen molar-refractivity contribution in [1.29, 1.82) is 0 Å². The standard InChI is InChI=1S/C15H24IN3O/c1-5-10-11(16)12(17)19-13(18-10)15(20-4)8-6-14(2,3)7-9-15/h5-9H2,1-4H3,(H2,17,18,19). The van der Waals surface area contributed by atoms with Crippen molar-refractivity contribution in [3.63, 3.8) is 0 Å². The first-order valence-corrected chi connectivity index (χ1v) is 8.29. The summed E-state index contributed by atoms with van der Waals surface area (Å²) in [6, 6.07) is 0. The van der Waals surface area contributed by atoms with Crippen molar-refractivity contribution in [2.75, 3.05) is 12.8 Å². The van der Waals surface area contributed by atoms with Crippen LogP contribution in [-0.4, -0.2) is 17.1 Å². The number of hydrogen-bond acceptors (Lipinski definition) is 4. The molecule has 1 aromatic heterocycles. The van der Waals surface area contributed by atoms with E-state index in [1.54, 1.807) is 7.11 Å². The van der Waals surface area contributed by atoms with Gasteiger partial charge in [0.15, 0.2) is 5.82 Å². The molecule has 0 radical (unpaired) electrons. The molecule has 20 heavy (non-hydrogen) atoms. The molecule has 1 aliphatic rings.